The Bertz CT molecular complexity index is 609. The molecule has 0 fully saturated rings. The molecule has 2 aromatic rings. The molecule has 20 heavy (non-hydrogen) atoms. The summed E-state index contributed by atoms with van der Waals surface area (Å²) in [6, 6.07) is 12.9. The zero-order valence-corrected chi connectivity index (χ0v) is 11.3. The van der Waals surface area contributed by atoms with Crippen molar-refractivity contribution >= 4 is 17.1 Å². The summed E-state index contributed by atoms with van der Waals surface area (Å²) < 4.78 is 0. The van der Waals surface area contributed by atoms with Gasteiger partial charge in [-0.3, -0.25) is 10.1 Å². The molecule has 0 unspecified atom stereocenters. The Morgan fingerprint density at radius 1 is 1.20 bits per heavy atom. The van der Waals surface area contributed by atoms with Gasteiger partial charge >= 0.3 is 0 Å². The molecule has 0 radical (unpaired) electrons. The molecule has 0 saturated heterocycles. The van der Waals surface area contributed by atoms with Gasteiger partial charge in [0.2, 0.25) is 0 Å². The van der Waals surface area contributed by atoms with Gasteiger partial charge < -0.3 is 11.1 Å². The third kappa shape index (κ3) is 3.47. The first kappa shape index (κ1) is 13.9. The minimum Gasteiger partial charge on any atom is -0.399 e. The van der Waals surface area contributed by atoms with E-state index in [1.54, 1.807) is 19.1 Å². The highest BCUT2D eigenvalue weighted by atomic mass is 16.6. The van der Waals surface area contributed by atoms with Gasteiger partial charge in [-0.1, -0.05) is 18.2 Å². The number of hydrogen-bond donors (Lipinski definition) is 2. The Morgan fingerprint density at radius 2 is 1.90 bits per heavy atom. The Labute approximate surface area is 117 Å². The summed E-state index contributed by atoms with van der Waals surface area (Å²) in [6.07, 6.45) is 0.835. The average molecular weight is 271 g/mol. The predicted octanol–water partition coefficient (Wildman–Crippen LogP) is 3.14. The van der Waals surface area contributed by atoms with Crippen molar-refractivity contribution in [2.75, 3.05) is 17.6 Å². The largest absolute Gasteiger partial charge is 0.399 e. The second kappa shape index (κ2) is 6.06. The summed E-state index contributed by atoms with van der Waals surface area (Å²) in [7, 11) is 0. The van der Waals surface area contributed by atoms with Crippen molar-refractivity contribution in [2.24, 2.45) is 0 Å². The lowest BCUT2D eigenvalue weighted by Gasteiger charge is -2.07. The molecule has 0 aliphatic rings. The summed E-state index contributed by atoms with van der Waals surface area (Å²) in [6.45, 7) is 2.44. The molecule has 0 heterocycles. The lowest BCUT2D eigenvalue weighted by molar-refractivity contribution is -0.385. The SMILES string of the molecule is Cc1ccc(NCCc2ccc(N)cc2)cc1[N+](=O)[O-]. The van der Waals surface area contributed by atoms with Crippen LogP contribution in [0.2, 0.25) is 0 Å². The van der Waals surface area contributed by atoms with Gasteiger partial charge in [0.05, 0.1) is 4.92 Å². The Hall–Kier alpha value is -2.56. The van der Waals surface area contributed by atoms with E-state index in [2.05, 4.69) is 5.32 Å². The van der Waals surface area contributed by atoms with Gasteiger partial charge in [-0.05, 0) is 37.1 Å². The minimum absolute atomic E-state index is 0.141. The second-order valence-corrected chi connectivity index (χ2v) is 4.68. The number of nitrogens with one attached hydrogen (secondary N) is 1. The van der Waals surface area contributed by atoms with Crippen LogP contribution in [0.15, 0.2) is 42.5 Å². The van der Waals surface area contributed by atoms with Crippen molar-refractivity contribution < 1.29 is 4.92 Å². The van der Waals surface area contributed by atoms with Gasteiger partial charge in [-0.2, -0.15) is 0 Å². The average Bonchev–Trinajstić information content (AvgIpc) is 2.42. The topological polar surface area (TPSA) is 81.2 Å². The molecule has 5 heteroatoms. The summed E-state index contributed by atoms with van der Waals surface area (Å²) in [5, 5.41) is 14.1. The smallest absolute Gasteiger partial charge is 0.274 e. The number of hydrogen-bond acceptors (Lipinski definition) is 4. The van der Waals surface area contributed by atoms with E-state index in [0.717, 1.165) is 17.8 Å². The zero-order valence-electron chi connectivity index (χ0n) is 11.3. The third-order valence-corrected chi connectivity index (χ3v) is 3.13. The molecular weight excluding hydrogens is 254 g/mol. The summed E-state index contributed by atoms with van der Waals surface area (Å²) in [5.74, 6) is 0. The molecule has 2 aromatic carbocycles. The van der Waals surface area contributed by atoms with Gasteiger partial charge in [-0.25, -0.2) is 0 Å². The van der Waals surface area contributed by atoms with Gasteiger partial charge in [0.15, 0.2) is 0 Å². The lowest BCUT2D eigenvalue weighted by atomic mass is 10.1. The number of nitro benzene ring substituents is 1. The number of nitrogen functional groups attached to an aromatic ring is 1. The fourth-order valence-electron chi connectivity index (χ4n) is 1.95. The maximum atomic E-state index is 10.9. The van der Waals surface area contributed by atoms with Gasteiger partial charge in [0, 0.05) is 29.5 Å². The number of nitro groups is 1. The van der Waals surface area contributed by atoms with Crippen LogP contribution in [0, 0.1) is 17.0 Å². The zero-order chi connectivity index (χ0) is 14.5. The van der Waals surface area contributed by atoms with E-state index in [-0.39, 0.29) is 10.6 Å². The highest BCUT2D eigenvalue weighted by Crippen LogP contribution is 2.22. The third-order valence-electron chi connectivity index (χ3n) is 3.13. The molecular formula is C15H17N3O2. The van der Waals surface area contributed by atoms with E-state index in [1.165, 1.54) is 5.56 Å². The molecule has 0 bridgehead atoms. The highest BCUT2D eigenvalue weighted by Gasteiger charge is 2.10. The molecule has 0 aliphatic heterocycles. The van der Waals surface area contributed by atoms with Crippen molar-refractivity contribution in [3.63, 3.8) is 0 Å². The van der Waals surface area contributed by atoms with Crippen LogP contribution in [0.4, 0.5) is 17.1 Å². The normalized spacial score (nSPS) is 10.2. The monoisotopic (exact) mass is 271 g/mol. The number of rotatable bonds is 5. The van der Waals surface area contributed by atoms with Crippen LogP contribution >= 0.6 is 0 Å². The van der Waals surface area contributed by atoms with Crippen molar-refractivity contribution in [2.45, 2.75) is 13.3 Å². The van der Waals surface area contributed by atoms with E-state index in [1.807, 2.05) is 30.3 Å². The van der Waals surface area contributed by atoms with Gasteiger partial charge in [-0.15, -0.1) is 0 Å². The summed E-state index contributed by atoms with van der Waals surface area (Å²) in [4.78, 5) is 10.5. The fourth-order valence-corrected chi connectivity index (χ4v) is 1.95. The molecule has 0 spiro atoms. The molecule has 5 nitrogen and oxygen atoms in total. The van der Waals surface area contributed by atoms with E-state index in [4.69, 9.17) is 5.73 Å². The highest BCUT2D eigenvalue weighted by molar-refractivity contribution is 5.54. The summed E-state index contributed by atoms with van der Waals surface area (Å²) in [5.41, 5.74) is 9.12. The molecule has 0 amide bonds. The molecule has 2 rings (SSSR count). The number of nitrogens with two attached hydrogens (primary N) is 1. The van der Waals surface area contributed by atoms with Crippen molar-refractivity contribution in [3.05, 3.63) is 63.7 Å². The van der Waals surface area contributed by atoms with Crippen molar-refractivity contribution in [1.82, 2.24) is 0 Å². The van der Waals surface area contributed by atoms with Crippen LogP contribution in [-0.2, 0) is 6.42 Å². The van der Waals surface area contributed by atoms with Crippen LogP contribution < -0.4 is 11.1 Å². The van der Waals surface area contributed by atoms with Crippen LogP contribution in [0.3, 0.4) is 0 Å². The van der Waals surface area contributed by atoms with Crippen molar-refractivity contribution in [1.29, 1.82) is 0 Å². The maximum Gasteiger partial charge on any atom is 0.274 e. The van der Waals surface area contributed by atoms with E-state index in [9.17, 15) is 10.1 Å². The van der Waals surface area contributed by atoms with E-state index < -0.39 is 0 Å². The van der Waals surface area contributed by atoms with Gasteiger partial charge in [0.1, 0.15) is 0 Å². The Kier molecular flexibility index (Phi) is 4.20. The van der Waals surface area contributed by atoms with Crippen LogP contribution in [0.5, 0.6) is 0 Å². The fraction of sp³-hybridized carbons (Fsp3) is 0.200. The first-order valence-corrected chi connectivity index (χ1v) is 6.39. The summed E-state index contributed by atoms with van der Waals surface area (Å²) >= 11 is 0. The Balaban J connectivity index is 1.96. The number of nitrogens with zero attached hydrogens (tertiary/aromatic N) is 1. The first-order chi connectivity index (χ1) is 9.56. The van der Waals surface area contributed by atoms with Crippen LogP contribution in [0.1, 0.15) is 11.1 Å². The number of aryl methyl sites for hydroxylation is 1. The molecule has 104 valence electrons. The van der Waals surface area contributed by atoms with Crippen molar-refractivity contribution in [3.8, 4) is 0 Å². The Morgan fingerprint density at radius 3 is 2.55 bits per heavy atom. The number of benzene rings is 2. The maximum absolute atomic E-state index is 10.9. The molecule has 0 atom stereocenters. The van der Waals surface area contributed by atoms with E-state index in [0.29, 0.717) is 12.1 Å². The number of anilines is 2. The predicted molar refractivity (Wildman–Crippen MR) is 80.9 cm³/mol. The van der Waals surface area contributed by atoms with E-state index >= 15 is 0 Å². The molecule has 0 aromatic heterocycles. The van der Waals surface area contributed by atoms with Crippen LogP contribution in [-0.4, -0.2) is 11.5 Å². The minimum atomic E-state index is -0.361. The lowest BCUT2D eigenvalue weighted by Crippen LogP contribution is -2.05. The molecule has 0 aliphatic carbocycles. The first-order valence-electron chi connectivity index (χ1n) is 6.39. The van der Waals surface area contributed by atoms with Crippen LogP contribution in [0.25, 0.3) is 0 Å². The second-order valence-electron chi connectivity index (χ2n) is 4.68. The molecule has 0 saturated carbocycles. The van der Waals surface area contributed by atoms with Gasteiger partial charge in [0.25, 0.3) is 5.69 Å². The molecule has 3 N–H and O–H groups in total. The quantitative estimate of drug-likeness (QED) is 0.497. The standard InChI is InChI=1S/C15H17N3O2/c1-11-2-7-14(10-15(11)18(19)20)17-9-8-12-3-5-13(16)6-4-12/h2-7,10,17H,8-9,16H2,1H3.